The van der Waals surface area contributed by atoms with Crippen LogP contribution < -0.4 is 10.1 Å². The van der Waals surface area contributed by atoms with Crippen LogP contribution in [0.15, 0.2) is 18.2 Å². The standard InChI is InChI=1S/C13H21NO3/c1-10-8-11(4-5-13(10)17-2)12(16)9-14-6-3-7-15/h4-5,8,12,14-16H,3,6-7,9H2,1-2H3. The van der Waals surface area contributed by atoms with Gasteiger partial charge in [-0.25, -0.2) is 0 Å². The van der Waals surface area contributed by atoms with Gasteiger partial charge in [0, 0.05) is 13.2 Å². The lowest BCUT2D eigenvalue weighted by Crippen LogP contribution is -2.23. The van der Waals surface area contributed by atoms with Crippen LogP contribution in [0.3, 0.4) is 0 Å². The summed E-state index contributed by atoms with van der Waals surface area (Å²) in [5.41, 5.74) is 1.89. The van der Waals surface area contributed by atoms with Gasteiger partial charge in [-0.3, -0.25) is 0 Å². The van der Waals surface area contributed by atoms with Gasteiger partial charge in [-0.05, 0) is 43.1 Å². The average molecular weight is 239 g/mol. The Kier molecular flexibility index (Phi) is 5.97. The minimum Gasteiger partial charge on any atom is -0.496 e. The molecule has 0 aromatic heterocycles. The van der Waals surface area contributed by atoms with E-state index in [1.54, 1.807) is 7.11 Å². The summed E-state index contributed by atoms with van der Waals surface area (Å²) in [5, 5.41) is 21.7. The van der Waals surface area contributed by atoms with E-state index < -0.39 is 6.10 Å². The molecule has 0 aliphatic heterocycles. The molecule has 0 aliphatic carbocycles. The first kappa shape index (κ1) is 14.0. The summed E-state index contributed by atoms with van der Waals surface area (Å²) in [6, 6.07) is 5.66. The molecular formula is C13H21NO3. The maximum atomic E-state index is 9.94. The third kappa shape index (κ3) is 4.34. The number of hydrogen-bond donors (Lipinski definition) is 3. The van der Waals surface area contributed by atoms with Crippen molar-refractivity contribution in [1.29, 1.82) is 0 Å². The van der Waals surface area contributed by atoms with Crippen molar-refractivity contribution in [3.8, 4) is 5.75 Å². The normalized spacial score (nSPS) is 12.5. The maximum absolute atomic E-state index is 9.94. The highest BCUT2D eigenvalue weighted by atomic mass is 16.5. The van der Waals surface area contributed by atoms with Crippen LogP contribution in [0.2, 0.25) is 0 Å². The number of ether oxygens (including phenoxy) is 1. The van der Waals surface area contributed by atoms with Gasteiger partial charge in [0.1, 0.15) is 5.75 Å². The van der Waals surface area contributed by atoms with E-state index in [1.807, 2.05) is 25.1 Å². The monoisotopic (exact) mass is 239 g/mol. The van der Waals surface area contributed by atoms with Crippen molar-refractivity contribution < 1.29 is 14.9 Å². The Balaban J connectivity index is 2.51. The van der Waals surface area contributed by atoms with Crippen LogP contribution in [0, 0.1) is 6.92 Å². The van der Waals surface area contributed by atoms with E-state index in [0.717, 1.165) is 16.9 Å². The van der Waals surface area contributed by atoms with Gasteiger partial charge in [-0.1, -0.05) is 6.07 Å². The van der Waals surface area contributed by atoms with E-state index in [-0.39, 0.29) is 6.61 Å². The molecule has 0 amide bonds. The van der Waals surface area contributed by atoms with Crippen LogP contribution in [0.4, 0.5) is 0 Å². The first-order valence-corrected chi connectivity index (χ1v) is 5.83. The zero-order valence-corrected chi connectivity index (χ0v) is 10.4. The van der Waals surface area contributed by atoms with Gasteiger partial charge in [-0.2, -0.15) is 0 Å². The fraction of sp³-hybridized carbons (Fsp3) is 0.538. The average Bonchev–Trinajstić information content (AvgIpc) is 2.34. The minimum atomic E-state index is -0.529. The van der Waals surface area contributed by atoms with Gasteiger partial charge < -0.3 is 20.3 Å². The van der Waals surface area contributed by atoms with Crippen molar-refractivity contribution in [3.05, 3.63) is 29.3 Å². The smallest absolute Gasteiger partial charge is 0.121 e. The van der Waals surface area contributed by atoms with E-state index in [4.69, 9.17) is 9.84 Å². The molecule has 0 spiro atoms. The van der Waals surface area contributed by atoms with Crippen LogP contribution in [0.25, 0.3) is 0 Å². The molecule has 0 radical (unpaired) electrons. The van der Waals surface area contributed by atoms with E-state index in [1.165, 1.54) is 0 Å². The molecule has 1 atom stereocenters. The molecule has 1 unspecified atom stereocenters. The number of nitrogens with one attached hydrogen (secondary N) is 1. The molecular weight excluding hydrogens is 218 g/mol. The predicted octanol–water partition coefficient (Wildman–Crippen LogP) is 1.01. The summed E-state index contributed by atoms with van der Waals surface area (Å²) in [6.45, 7) is 3.33. The number of aliphatic hydroxyl groups excluding tert-OH is 2. The van der Waals surface area contributed by atoms with E-state index >= 15 is 0 Å². The van der Waals surface area contributed by atoms with E-state index in [9.17, 15) is 5.11 Å². The van der Waals surface area contributed by atoms with Gasteiger partial charge in [0.05, 0.1) is 13.2 Å². The second kappa shape index (κ2) is 7.27. The number of aryl methyl sites for hydroxylation is 1. The van der Waals surface area contributed by atoms with Crippen molar-refractivity contribution in [2.24, 2.45) is 0 Å². The Labute approximate surface area is 102 Å². The molecule has 0 saturated heterocycles. The molecule has 0 bridgehead atoms. The Morgan fingerprint density at radius 2 is 2.18 bits per heavy atom. The Morgan fingerprint density at radius 1 is 1.41 bits per heavy atom. The van der Waals surface area contributed by atoms with Gasteiger partial charge in [-0.15, -0.1) is 0 Å². The van der Waals surface area contributed by atoms with Crippen LogP contribution in [0.5, 0.6) is 5.75 Å². The molecule has 4 heteroatoms. The molecule has 4 nitrogen and oxygen atoms in total. The van der Waals surface area contributed by atoms with Crippen molar-refractivity contribution in [2.45, 2.75) is 19.4 Å². The summed E-state index contributed by atoms with van der Waals surface area (Å²) in [7, 11) is 1.63. The van der Waals surface area contributed by atoms with E-state index in [0.29, 0.717) is 19.5 Å². The molecule has 1 aromatic rings. The summed E-state index contributed by atoms with van der Waals surface area (Å²) >= 11 is 0. The van der Waals surface area contributed by atoms with Crippen LogP contribution in [-0.4, -0.2) is 37.0 Å². The van der Waals surface area contributed by atoms with E-state index in [2.05, 4.69) is 5.32 Å². The molecule has 0 fully saturated rings. The first-order chi connectivity index (χ1) is 8.19. The summed E-state index contributed by atoms with van der Waals surface area (Å²) in [6.07, 6.45) is 0.173. The lowest BCUT2D eigenvalue weighted by atomic mass is 10.1. The third-order valence-electron chi connectivity index (χ3n) is 2.65. The Bertz CT molecular complexity index is 341. The fourth-order valence-corrected chi connectivity index (χ4v) is 1.67. The number of benzene rings is 1. The van der Waals surface area contributed by atoms with Gasteiger partial charge >= 0.3 is 0 Å². The summed E-state index contributed by atoms with van der Waals surface area (Å²) in [4.78, 5) is 0. The quantitative estimate of drug-likeness (QED) is 0.621. The van der Waals surface area contributed by atoms with Crippen LogP contribution in [0.1, 0.15) is 23.7 Å². The number of hydrogen-bond acceptors (Lipinski definition) is 4. The van der Waals surface area contributed by atoms with Gasteiger partial charge in [0.25, 0.3) is 0 Å². The number of methoxy groups -OCH3 is 1. The zero-order valence-electron chi connectivity index (χ0n) is 10.4. The molecule has 96 valence electrons. The molecule has 0 aliphatic rings. The predicted molar refractivity (Wildman–Crippen MR) is 67.3 cm³/mol. The highest BCUT2D eigenvalue weighted by Gasteiger charge is 2.08. The van der Waals surface area contributed by atoms with Crippen molar-refractivity contribution in [2.75, 3.05) is 26.8 Å². The lowest BCUT2D eigenvalue weighted by molar-refractivity contribution is 0.173. The fourth-order valence-electron chi connectivity index (χ4n) is 1.67. The largest absolute Gasteiger partial charge is 0.496 e. The molecule has 1 rings (SSSR count). The minimum absolute atomic E-state index is 0.171. The Hall–Kier alpha value is -1.10. The highest BCUT2D eigenvalue weighted by molar-refractivity contribution is 5.37. The second-order valence-electron chi connectivity index (χ2n) is 4.03. The van der Waals surface area contributed by atoms with Crippen LogP contribution in [-0.2, 0) is 0 Å². The molecule has 0 heterocycles. The molecule has 0 saturated carbocycles. The van der Waals surface area contributed by atoms with Crippen molar-refractivity contribution in [3.63, 3.8) is 0 Å². The molecule has 3 N–H and O–H groups in total. The highest BCUT2D eigenvalue weighted by Crippen LogP contribution is 2.22. The summed E-state index contributed by atoms with van der Waals surface area (Å²) in [5.74, 6) is 0.828. The lowest BCUT2D eigenvalue weighted by Gasteiger charge is -2.14. The van der Waals surface area contributed by atoms with Crippen molar-refractivity contribution in [1.82, 2.24) is 5.32 Å². The summed E-state index contributed by atoms with van der Waals surface area (Å²) < 4.78 is 5.17. The maximum Gasteiger partial charge on any atom is 0.121 e. The Morgan fingerprint density at radius 3 is 2.76 bits per heavy atom. The van der Waals surface area contributed by atoms with Gasteiger partial charge in [0.15, 0.2) is 0 Å². The van der Waals surface area contributed by atoms with Gasteiger partial charge in [0.2, 0.25) is 0 Å². The second-order valence-corrected chi connectivity index (χ2v) is 4.03. The van der Waals surface area contributed by atoms with Crippen molar-refractivity contribution >= 4 is 0 Å². The molecule has 1 aromatic carbocycles. The number of aliphatic hydroxyl groups is 2. The molecule has 17 heavy (non-hydrogen) atoms. The first-order valence-electron chi connectivity index (χ1n) is 5.83. The third-order valence-corrected chi connectivity index (χ3v) is 2.65. The van der Waals surface area contributed by atoms with Crippen LogP contribution >= 0.6 is 0 Å². The zero-order chi connectivity index (χ0) is 12.7. The number of rotatable bonds is 7. The SMILES string of the molecule is COc1ccc(C(O)CNCCCO)cc1C. The topological polar surface area (TPSA) is 61.7 Å².